The van der Waals surface area contributed by atoms with Crippen LogP contribution >= 0.6 is 15.9 Å². The zero-order valence-corrected chi connectivity index (χ0v) is 11.7. The Morgan fingerprint density at radius 3 is 2.88 bits per heavy atom. The molecular formula is C13H17BrN2O. The summed E-state index contributed by atoms with van der Waals surface area (Å²) in [5.41, 5.74) is 1.98. The van der Waals surface area contributed by atoms with Gasteiger partial charge in [-0.25, -0.2) is 0 Å². The lowest BCUT2D eigenvalue weighted by Crippen LogP contribution is -2.28. The smallest absolute Gasteiger partial charge is 0.229 e. The molecule has 1 heterocycles. The van der Waals surface area contributed by atoms with E-state index in [4.69, 9.17) is 0 Å². The molecule has 1 aliphatic rings. The highest BCUT2D eigenvalue weighted by Gasteiger charge is 2.29. The summed E-state index contributed by atoms with van der Waals surface area (Å²) < 4.78 is 0.982. The fourth-order valence-corrected chi connectivity index (χ4v) is 2.48. The van der Waals surface area contributed by atoms with E-state index in [2.05, 4.69) is 33.5 Å². The number of aryl methyl sites for hydroxylation is 1. The monoisotopic (exact) mass is 296 g/mol. The van der Waals surface area contributed by atoms with E-state index in [1.807, 2.05) is 25.1 Å². The topological polar surface area (TPSA) is 41.1 Å². The van der Waals surface area contributed by atoms with Crippen molar-refractivity contribution in [3.8, 4) is 0 Å². The quantitative estimate of drug-likeness (QED) is 0.881. The van der Waals surface area contributed by atoms with Crippen LogP contribution in [0, 0.1) is 18.8 Å². The SMILES string of the molecule is Cc1ccc(Br)cc1NC(=O)C1CNCC1C. The van der Waals surface area contributed by atoms with Crippen molar-refractivity contribution in [2.75, 3.05) is 18.4 Å². The first kappa shape index (κ1) is 12.6. The molecule has 2 atom stereocenters. The number of hydrogen-bond donors (Lipinski definition) is 2. The summed E-state index contributed by atoms with van der Waals surface area (Å²) in [5, 5.41) is 6.26. The van der Waals surface area contributed by atoms with E-state index in [0.717, 1.165) is 28.8 Å². The molecule has 0 aromatic heterocycles. The molecule has 0 radical (unpaired) electrons. The van der Waals surface area contributed by atoms with Gasteiger partial charge in [-0.15, -0.1) is 0 Å². The van der Waals surface area contributed by atoms with Crippen molar-refractivity contribution in [2.24, 2.45) is 11.8 Å². The highest BCUT2D eigenvalue weighted by molar-refractivity contribution is 9.10. The zero-order chi connectivity index (χ0) is 12.4. The van der Waals surface area contributed by atoms with Crippen LogP contribution < -0.4 is 10.6 Å². The summed E-state index contributed by atoms with van der Waals surface area (Å²) in [6.07, 6.45) is 0. The fourth-order valence-electron chi connectivity index (χ4n) is 2.12. The van der Waals surface area contributed by atoms with E-state index in [-0.39, 0.29) is 11.8 Å². The van der Waals surface area contributed by atoms with E-state index >= 15 is 0 Å². The van der Waals surface area contributed by atoms with Gasteiger partial charge in [0.25, 0.3) is 0 Å². The van der Waals surface area contributed by atoms with Crippen LogP contribution in [0.15, 0.2) is 22.7 Å². The summed E-state index contributed by atoms with van der Waals surface area (Å²) in [6.45, 7) is 5.81. The van der Waals surface area contributed by atoms with Gasteiger partial charge in [0.1, 0.15) is 0 Å². The molecule has 1 saturated heterocycles. The predicted octanol–water partition coefficient (Wildman–Crippen LogP) is 2.55. The number of amides is 1. The number of rotatable bonds is 2. The standard InChI is InChI=1S/C13H17BrN2O/c1-8-3-4-10(14)5-12(8)16-13(17)11-7-15-6-9(11)2/h3-5,9,11,15H,6-7H2,1-2H3,(H,16,17). The molecule has 4 heteroatoms. The lowest BCUT2D eigenvalue weighted by Gasteiger charge is -2.15. The molecule has 2 N–H and O–H groups in total. The summed E-state index contributed by atoms with van der Waals surface area (Å²) in [6, 6.07) is 5.92. The predicted molar refractivity (Wildman–Crippen MR) is 73.0 cm³/mol. The third-order valence-electron chi connectivity index (χ3n) is 3.31. The molecule has 1 aromatic rings. The van der Waals surface area contributed by atoms with Crippen molar-refractivity contribution in [2.45, 2.75) is 13.8 Å². The van der Waals surface area contributed by atoms with Gasteiger partial charge in [-0.05, 0) is 37.1 Å². The maximum Gasteiger partial charge on any atom is 0.229 e. The van der Waals surface area contributed by atoms with E-state index in [1.54, 1.807) is 0 Å². The van der Waals surface area contributed by atoms with Crippen LogP contribution in [0.2, 0.25) is 0 Å². The molecule has 1 fully saturated rings. The second-order valence-corrected chi connectivity index (χ2v) is 5.61. The fraction of sp³-hybridized carbons (Fsp3) is 0.462. The Morgan fingerprint density at radius 2 is 2.24 bits per heavy atom. The maximum absolute atomic E-state index is 12.1. The summed E-state index contributed by atoms with van der Waals surface area (Å²) >= 11 is 3.42. The highest BCUT2D eigenvalue weighted by Crippen LogP contribution is 2.23. The minimum Gasteiger partial charge on any atom is -0.326 e. The van der Waals surface area contributed by atoms with Crippen LogP contribution in [-0.2, 0) is 4.79 Å². The molecule has 1 amide bonds. The number of benzene rings is 1. The lowest BCUT2D eigenvalue weighted by molar-refractivity contribution is -0.120. The Bertz CT molecular complexity index is 433. The second-order valence-electron chi connectivity index (χ2n) is 4.69. The van der Waals surface area contributed by atoms with Crippen molar-refractivity contribution < 1.29 is 4.79 Å². The minimum atomic E-state index is 0.0772. The first-order chi connectivity index (χ1) is 8.08. The van der Waals surface area contributed by atoms with Crippen molar-refractivity contribution in [3.63, 3.8) is 0 Å². The Morgan fingerprint density at radius 1 is 1.47 bits per heavy atom. The van der Waals surface area contributed by atoms with E-state index < -0.39 is 0 Å². The van der Waals surface area contributed by atoms with Gasteiger partial charge in [-0.1, -0.05) is 28.9 Å². The Labute approximate surface area is 110 Å². The number of hydrogen-bond acceptors (Lipinski definition) is 2. The summed E-state index contributed by atoms with van der Waals surface area (Å²) in [4.78, 5) is 12.1. The van der Waals surface area contributed by atoms with E-state index in [9.17, 15) is 4.79 Å². The number of carbonyl (C=O) groups excluding carboxylic acids is 1. The lowest BCUT2D eigenvalue weighted by atomic mass is 9.97. The van der Waals surface area contributed by atoms with Gasteiger partial charge in [0.2, 0.25) is 5.91 Å². The third-order valence-corrected chi connectivity index (χ3v) is 3.80. The average molecular weight is 297 g/mol. The molecular weight excluding hydrogens is 280 g/mol. The average Bonchev–Trinajstić information content (AvgIpc) is 2.70. The number of halogens is 1. The van der Waals surface area contributed by atoms with Crippen molar-refractivity contribution >= 4 is 27.5 Å². The van der Waals surface area contributed by atoms with Gasteiger partial charge in [0.15, 0.2) is 0 Å². The van der Waals surface area contributed by atoms with Gasteiger partial charge in [0, 0.05) is 16.7 Å². The molecule has 0 bridgehead atoms. The van der Waals surface area contributed by atoms with Crippen LogP contribution in [0.4, 0.5) is 5.69 Å². The van der Waals surface area contributed by atoms with Crippen molar-refractivity contribution in [1.29, 1.82) is 0 Å². The van der Waals surface area contributed by atoms with Gasteiger partial charge in [-0.3, -0.25) is 4.79 Å². The van der Waals surface area contributed by atoms with E-state index in [1.165, 1.54) is 0 Å². The normalized spacial score (nSPS) is 23.7. The Balaban J connectivity index is 2.10. The van der Waals surface area contributed by atoms with E-state index in [0.29, 0.717) is 5.92 Å². The largest absolute Gasteiger partial charge is 0.326 e. The Hall–Kier alpha value is -0.870. The highest BCUT2D eigenvalue weighted by atomic mass is 79.9. The number of anilines is 1. The second kappa shape index (κ2) is 5.19. The number of nitrogens with one attached hydrogen (secondary N) is 2. The minimum absolute atomic E-state index is 0.0772. The third kappa shape index (κ3) is 2.87. The molecule has 0 aliphatic carbocycles. The maximum atomic E-state index is 12.1. The molecule has 1 aliphatic heterocycles. The molecule has 0 spiro atoms. The first-order valence-electron chi connectivity index (χ1n) is 5.85. The van der Waals surface area contributed by atoms with Gasteiger partial charge < -0.3 is 10.6 Å². The van der Waals surface area contributed by atoms with Crippen LogP contribution in [0.25, 0.3) is 0 Å². The Kier molecular flexibility index (Phi) is 3.84. The molecule has 92 valence electrons. The van der Waals surface area contributed by atoms with Crippen LogP contribution in [0.3, 0.4) is 0 Å². The van der Waals surface area contributed by atoms with Crippen molar-refractivity contribution in [3.05, 3.63) is 28.2 Å². The molecule has 2 unspecified atom stereocenters. The van der Waals surface area contributed by atoms with Crippen LogP contribution in [0.5, 0.6) is 0 Å². The van der Waals surface area contributed by atoms with Gasteiger partial charge in [0.05, 0.1) is 5.92 Å². The molecule has 2 rings (SSSR count). The number of carbonyl (C=O) groups is 1. The summed E-state index contributed by atoms with van der Waals surface area (Å²) in [5.74, 6) is 0.597. The van der Waals surface area contributed by atoms with Crippen molar-refractivity contribution in [1.82, 2.24) is 5.32 Å². The summed E-state index contributed by atoms with van der Waals surface area (Å²) in [7, 11) is 0. The van der Waals surface area contributed by atoms with Crippen LogP contribution in [-0.4, -0.2) is 19.0 Å². The molecule has 17 heavy (non-hydrogen) atoms. The first-order valence-corrected chi connectivity index (χ1v) is 6.65. The zero-order valence-electron chi connectivity index (χ0n) is 10.1. The molecule has 1 aromatic carbocycles. The molecule has 3 nitrogen and oxygen atoms in total. The molecule has 0 saturated carbocycles. The van der Waals surface area contributed by atoms with Crippen LogP contribution in [0.1, 0.15) is 12.5 Å². The van der Waals surface area contributed by atoms with Gasteiger partial charge >= 0.3 is 0 Å². The van der Waals surface area contributed by atoms with Gasteiger partial charge in [-0.2, -0.15) is 0 Å².